The Balaban J connectivity index is 1.33. The molecule has 0 bridgehead atoms. The largest absolute Gasteiger partial charge is 0.313 e. The first kappa shape index (κ1) is 14.3. The topological polar surface area (TPSA) is 97.2 Å². The Bertz CT molecular complexity index is 982. The zero-order chi connectivity index (χ0) is 16.6. The molecule has 0 radical (unpaired) electrons. The molecule has 0 spiro atoms. The highest BCUT2D eigenvalue weighted by Crippen LogP contribution is 2.39. The highest BCUT2D eigenvalue weighted by Gasteiger charge is 2.25. The number of nitrogens with one attached hydrogen (secondary N) is 2. The number of nitrogens with zero attached hydrogens (tertiary/aromatic N) is 6. The van der Waals surface area contributed by atoms with Crippen LogP contribution in [0.3, 0.4) is 0 Å². The molecule has 0 aromatic carbocycles. The van der Waals surface area contributed by atoms with Crippen LogP contribution in [0.1, 0.15) is 24.5 Å². The monoisotopic (exact) mass is 350 g/mol. The first-order valence-corrected chi connectivity index (χ1v) is 8.73. The Morgan fingerprint density at radius 1 is 1.28 bits per heavy atom. The summed E-state index contributed by atoms with van der Waals surface area (Å²) in [6.45, 7) is 0. The molecular formula is C16H14N8S. The molecule has 124 valence electrons. The Morgan fingerprint density at radius 2 is 2.24 bits per heavy atom. The number of aromatic amines is 1. The van der Waals surface area contributed by atoms with Crippen LogP contribution in [-0.4, -0.2) is 34.1 Å². The molecule has 4 aromatic rings. The van der Waals surface area contributed by atoms with Gasteiger partial charge in [0.25, 0.3) is 0 Å². The zero-order valence-corrected chi connectivity index (χ0v) is 13.9. The van der Waals surface area contributed by atoms with E-state index >= 15 is 0 Å². The number of aromatic nitrogens is 7. The van der Waals surface area contributed by atoms with E-state index in [4.69, 9.17) is 0 Å². The fourth-order valence-corrected chi connectivity index (χ4v) is 3.16. The molecule has 1 aliphatic carbocycles. The van der Waals surface area contributed by atoms with E-state index in [1.54, 1.807) is 18.7 Å². The highest BCUT2D eigenvalue weighted by molar-refractivity contribution is 7.09. The minimum Gasteiger partial charge on any atom is -0.313 e. The van der Waals surface area contributed by atoms with Crippen LogP contribution in [0.5, 0.6) is 0 Å². The average molecular weight is 350 g/mol. The molecule has 0 aliphatic heterocycles. The van der Waals surface area contributed by atoms with Gasteiger partial charge in [0.05, 0.1) is 18.2 Å². The van der Waals surface area contributed by atoms with Crippen LogP contribution in [0, 0.1) is 0 Å². The molecule has 9 heteroatoms. The Kier molecular flexibility index (Phi) is 3.30. The van der Waals surface area contributed by atoms with Crippen LogP contribution in [0.25, 0.3) is 17.2 Å². The summed E-state index contributed by atoms with van der Waals surface area (Å²) in [6.07, 6.45) is 9.61. The molecule has 25 heavy (non-hydrogen) atoms. The Hall–Kier alpha value is -3.07. The quantitative estimate of drug-likeness (QED) is 0.574. The predicted molar refractivity (Wildman–Crippen MR) is 94.1 cm³/mol. The van der Waals surface area contributed by atoms with Crippen molar-refractivity contribution in [3.63, 3.8) is 0 Å². The van der Waals surface area contributed by atoms with Crippen LogP contribution in [0.4, 0.5) is 10.9 Å². The lowest BCUT2D eigenvalue weighted by atomic mass is 10.3. The van der Waals surface area contributed by atoms with E-state index in [1.807, 2.05) is 29.0 Å². The van der Waals surface area contributed by atoms with Crippen molar-refractivity contribution in [2.24, 2.45) is 0 Å². The number of anilines is 2. The SMILES string of the molecule is c1cn(-c2ccc(-c3nsc(Nc4cc(C5CC5)[nH]n4)n3)nc2)cn1. The second-order valence-electron chi connectivity index (χ2n) is 5.90. The first-order chi connectivity index (χ1) is 12.3. The molecule has 2 N–H and O–H groups in total. The fourth-order valence-electron chi connectivity index (χ4n) is 2.57. The van der Waals surface area contributed by atoms with Gasteiger partial charge in [-0.25, -0.2) is 4.98 Å². The number of hydrogen-bond donors (Lipinski definition) is 2. The lowest BCUT2D eigenvalue weighted by Crippen LogP contribution is -1.93. The number of hydrogen-bond acceptors (Lipinski definition) is 7. The van der Waals surface area contributed by atoms with Crippen molar-refractivity contribution < 1.29 is 0 Å². The Labute approximate surface area is 147 Å². The van der Waals surface area contributed by atoms with Gasteiger partial charge < -0.3 is 9.88 Å². The molecule has 1 aliphatic rings. The molecule has 8 nitrogen and oxygen atoms in total. The maximum absolute atomic E-state index is 4.50. The average Bonchev–Trinajstić information content (AvgIpc) is 3.08. The highest BCUT2D eigenvalue weighted by atomic mass is 32.1. The molecule has 0 atom stereocenters. The number of rotatable bonds is 5. The van der Waals surface area contributed by atoms with Gasteiger partial charge in [0.2, 0.25) is 5.13 Å². The third-order valence-corrected chi connectivity index (χ3v) is 4.69. The van der Waals surface area contributed by atoms with Gasteiger partial charge in [0.15, 0.2) is 11.6 Å². The van der Waals surface area contributed by atoms with Crippen molar-refractivity contribution >= 4 is 22.5 Å². The molecule has 5 rings (SSSR count). The van der Waals surface area contributed by atoms with Gasteiger partial charge in [0, 0.05) is 41.6 Å². The van der Waals surface area contributed by atoms with E-state index in [0.29, 0.717) is 16.9 Å². The molecule has 0 amide bonds. The lowest BCUT2D eigenvalue weighted by molar-refractivity contribution is 0.966. The summed E-state index contributed by atoms with van der Waals surface area (Å²) in [5.74, 6) is 2.02. The summed E-state index contributed by atoms with van der Waals surface area (Å²) in [6, 6.07) is 5.91. The van der Waals surface area contributed by atoms with Crippen molar-refractivity contribution in [3.05, 3.63) is 48.8 Å². The molecule has 1 saturated carbocycles. The van der Waals surface area contributed by atoms with Crippen LogP contribution < -0.4 is 5.32 Å². The summed E-state index contributed by atoms with van der Waals surface area (Å²) in [4.78, 5) is 13.0. The summed E-state index contributed by atoms with van der Waals surface area (Å²) in [5.41, 5.74) is 2.86. The lowest BCUT2D eigenvalue weighted by Gasteiger charge is -2.01. The maximum Gasteiger partial charge on any atom is 0.208 e. The van der Waals surface area contributed by atoms with Gasteiger partial charge in [0.1, 0.15) is 5.69 Å². The minimum absolute atomic E-state index is 0.600. The number of H-pyrrole nitrogens is 1. The molecule has 0 unspecified atom stereocenters. The predicted octanol–water partition coefficient (Wildman–Crippen LogP) is 3.13. The molecule has 0 saturated heterocycles. The standard InChI is InChI=1S/C16H14N8S/c1-2-10(1)13-7-14(22-21-13)19-16-20-15(23-25-16)12-4-3-11(8-18-12)24-6-5-17-9-24/h3-10H,1-2H2,(H2,19,20,21,22,23). The summed E-state index contributed by atoms with van der Waals surface area (Å²) >= 11 is 1.29. The van der Waals surface area contributed by atoms with Crippen molar-refractivity contribution in [1.82, 2.24) is 34.1 Å². The third-order valence-electron chi connectivity index (χ3n) is 4.06. The van der Waals surface area contributed by atoms with Crippen LogP contribution in [-0.2, 0) is 0 Å². The minimum atomic E-state index is 0.600. The summed E-state index contributed by atoms with van der Waals surface area (Å²) in [7, 11) is 0. The van der Waals surface area contributed by atoms with Gasteiger partial charge in [-0.1, -0.05) is 0 Å². The van der Waals surface area contributed by atoms with Gasteiger partial charge in [-0.3, -0.25) is 10.1 Å². The van der Waals surface area contributed by atoms with Crippen LogP contribution in [0.2, 0.25) is 0 Å². The van der Waals surface area contributed by atoms with E-state index in [0.717, 1.165) is 17.2 Å². The second-order valence-corrected chi connectivity index (χ2v) is 6.65. The molecule has 1 fully saturated rings. The van der Waals surface area contributed by atoms with Crippen molar-refractivity contribution in [2.75, 3.05) is 5.32 Å². The van der Waals surface area contributed by atoms with Crippen molar-refractivity contribution in [2.45, 2.75) is 18.8 Å². The summed E-state index contributed by atoms with van der Waals surface area (Å²) < 4.78 is 6.27. The number of imidazole rings is 1. The fraction of sp³-hybridized carbons (Fsp3) is 0.188. The first-order valence-electron chi connectivity index (χ1n) is 7.96. The van der Waals surface area contributed by atoms with Crippen LogP contribution >= 0.6 is 11.5 Å². The normalized spacial score (nSPS) is 13.9. The van der Waals surface area contributed by atoms with E-state index in [2.05, 4.69) is 34.8 Å². The maximum atomic E-state index is 4.50. The Morgan fingerprint density at radius 3 is 3.00 bits per heavy atom. The smallest absolute Gasteiger partial charge is 0.208 e. The van der Waals surface area contributed by atoms with E-state index in [9.17, 15) is 0 Å². The van der Waals surface area contributed by atoms with Gasteiger partial charge >= 0.3 is 0 Å². The third kappa shape index (κ3) is 2.89. The molecular weight excluding hydrogens is 336 g/mol. The van der Waals surface area contributed by atoms with Crippen molar-refractivity contribution in [1.29, 1.82) is 0 Å². The zero-order valence-electron chi connectivity index (χ0n) is 13.1. The van der Waals surface area contributed by atoms with Crippen molar-refractivity contribution in [3.8, 4) is 17.2 Å². The van der Waals surface area contributed by atoms with Gasteiger partial charge in [-0.2, -0.15) is 14.5 Å². The van der Waals surface area contributed by atoms with E-state index in [1.165, 1.54) is 30.1 Å². The van der Waals surface area contributed by atoms with Gasteiger partial charge in [-0.15, -0.1) is 0 Å². The van der Waals surface area contributed by atoms with E-state index in [-0.39, 0.29) is 0 Å². The molecule has 4 heterocycles. The van der Waals surface area contributed by atoms with Gasteiger partial charge in [-0.05, 0) is 25.0 Å². The summed E-state index contributed by atoms with van der Waals surface area (Å²) in [5, 5.41) is 11.2. The molecule has 4 aromatic heterocycles. The van der Waals surface area contributed by atoms with E-state index < -0.39 is 0 Å². The number of pyridine rings is 1. The second kappa shape index (κ2) is 5.78. The van der Waals surface area contributed by atoms with Crippen LogP contribution in [0.15, 0.2) is 43.1 Å².